The zero-order valence-corrected chi connectivity index (χ0v) is 18.9. The molecule has 2 heterocycles. The Morgan fingerprint density at radius 2 is 1.80 bits per heavy atom. The first kappa shape index (κ1) is 23.8. The fraction of sp³-hybridized carbons (Fsp3) is 0.200. The molecule has 2 aromatic heterocycles. The van der Waals surface area contributed by atoms with Crippen LogP contribution in [0.2, 0.25) is 0 Å². The smallest absolute Gasteiger partial charge is 0.274 e. The summed E-state index contributed by atoms with van der Waals surface area (Å²) >= 11 is 0. The number of rotatable bonds is 5. The predicted molar refractivity (Wildman–Crippen MR) is 124 cm³/mol. The third-order valence-electron chi connectivity index (χ3n) is 5.54. The van der Waals surface area contributed by atoms with E-state index < -0.39 is 23.3 Å². The van der Waals surface area contributed by atoms with Gasteiger partial charge in [0.1, 0.15) is 0 Å². The molecule has 0 saturated carbocycles. The summed E-state index contributed by atoms with van der Waals surface area (Å²) in [5, 5.41) is 4.32. The topological polar surface area (TPSA) is 66.2 Å². The molecule has 0 spiro atoms. The summed E-state index contributed by atoms with van der Waals surface area (Å²) in [6.07, 6.45) is -2.53. The number of imidazole rings is 1. The molecule has 2 aromatic carbocycles. The summed E-state index contributed by atoms with van der Waals surface area (Å²) in [6.45, 7) is 10.5. The monoisotopic (exact) mass is 479 g/mol. The van der Waals surface area contributed by atoms with E-state index in [2.05, 4.69) is 9.94 Å². The Balaban J connectivity index is 1.98. The molecule has 0 atom stereocenters. The number of halogens is 3. The number of alkyl halides is 3. The number of carbonyl (C=O) groups is 1. The Bertz CT molecular complexity index is 1500. The lowest BCUT2D eigenvalue weighted by Gasteiger charge is -2.11. The lowest BCUT2D eigenvalue weighted by molar-refractivity contribution is -0.137. The van der Waals surface area contributed by atoms with E-state index in [1.807, 2.05) is 0 Å². The van der Waals surface area contributed by atoms with Crippen molar-refractivity contribution in [1.29, 1.82) is 0 Å². The van der Waals surface area contributed by atoms with Crippen LogP contribution in [0.1, 0.15) is 35.8 Å². The van der Waals surface area contributed by atoms with Gasteiger partial charge in [-0.1, -0.05) is 25.1 Å². The molecule has 0 aliphatic carbocycles. The molecular weight excluding hydrogens is 459 g/mol. The van der Waals surface area contributed by atoms with Gasteiger partial charge in [0, 0.05) is 6.42 Å². The Morgan fingerprint density at radius 3 is 2.43 bits per heavy atom. The van der Waals surface area contributed by atoms with Gasteiger partial charge in [-0.15, -0.1) is 0 Å². The van der Waals surface area contributed by atoms with E-state index in [1.54, 1.807) is 44.2 Å². The van der Waals surface area contributed by atoms with Crippen LogP contribution in [0.15, 0.2) is 65.6 Å². The Morgan fingerprint density at radius 1 is 1.09 bits per heavy atom. The lowest BCUT2D eigenvalue weighted by Crippen LogP contribution is -2.29. The number of nitrogens with zero attached hydrogens (tertiary/aromatic N) is 5. The molecule has 0 saturated heterocycles. The summed E-state index contributed by atoms with van der Waals surface area (Å²) in [4.78, 5) is 29.9. The summed E-state index contributed by atoms with van der Waals surface area (Å²) in [5.41, 5.74) is 0.294. The van der Waals surface area contributed by atoms with Crippen LogP contribution in [0.4, 0.5) is 18.9 Å². The summed E-state index contributed by atoms with van der Waals surface area (Å²) in [7, 11) is 0. The van der Waals surface area contributed by atoms with Crippen LogP contribution < -0.4 is 5.69 Å². The zero-order valence-electron chi connectivity index (χ0n) is 18.9. The SMILES string of the molecule is [C-]#[N+]c1ccc(-n2nccc2-c2c(C)n(-c3cccc(C(F)(F)F)c3)c(=O)n2C(=O)CCC)cc1. The maximum atomic E-state index is 13.5. The molecule has 4 rings (SSSR count). The highest BCUT2D eigenvalue weighted by Gasteiger charge is 2.32. The molecule has 0 bridgehead atoms. The average Bonchev–Trinajstić information content (AvgIpc) is 3.40. The minimum Gasteiger partial charge on any atom is -0.274 e. The molecule has 0 unspecified atom stereocenters. The summed E-state index contributed by atoms with van der Waals surface area (Å²) < 4.78 is 43.6. The van der Waals surface area contributed by atoms with Crippen LogP contribution in [0.5, 0.6) is 0 Å². The molecule has 7 nitrogen and oxygen atoms in total. The summed E-state index contributed by atoms with van der Waals surface area (Å²) in [6, 6.07) is 12.6. The van der Waals surface area contributed by atoms with Crippen molar-refractivity contribution in [3.8, 4) is 22.8 Å². The minimum atomic E-state index is -4.59. The van der Waals surface area contributed by atoms with Gasteiger partial charge in [0.25, 0.3) is 0 Å². The second kappa shape index (κ2) is 9.10. The van der Waals surface area contributed by atoms with Crippen molar-refractivity contribution in [2.75, 3.05) is 0 Å². The van der Waals surface area contributed by atoms with Crippen LogP contribution in [-0.2, 0) is 6.18 Å². The molecular formula is C25H20F3N5O2. The number of hydrogen-bond acceptors (Lipinski definition) is 3. The molecule has 0 fully saturated rings. The van der Waals surface area contributed by atoms with E-state index in [-0.39, 0.29) is 17.8 Å². The molecule has 0 radical (unpaired) electrons. The highest BCUT2D eigenvalue weighted by molar-refractivity contribution is 5.84. The maximum Gasteiger partial charge on any atom is 0.416 e. The van der Waals surface area contributed by atoms with Gasteiger partial charge in [-0.3, -0.25) is 9.36 Å². The van der Waals surface area contributed by atoms with Gasteiger partial charge in [0.15, 0.2) is 5.69 Å². The van der Waals surface area contributed by atoms with Gasteiger partial charge in [0.05, 0.1) is 46.8 Å². The van der Waals surface area contributed by atoms with E-state index in [4.69, 9.17) is 6.57 Å². The summed E-state index contributed by atoms with van der Waals surface area (Å²) in [5.74, 6) is -0.475. The fourth-order valence-electron chi connectivity index (χ4n) is 3.95. The Hall–Kier alpha value is -4.39. The van der Waals surface area contributed by atoms with Crippen LogP contribution >= 0.6 is 0 Å². The van der Waals surface area contributed by atoms with Gasteiger partial charge >= 0.3 is 11.9 Å². The lowest BCUT2D eigenvalue weighted by atomic mass is 10.2. The molecule has 0 amide bonds. The van der Waals surface area contributed by atoms with Crippen molar-refractivity contribution in [2.24, 2.45) is 0 Å². The van der Waals surface area contributed by atoms with E-state index in [0.29, 0.717) is 29.2 Å². The number of carbonyl (C=O) groups excluding carboxylic acids is 1. The van der Waals surface area contributed by atoms with Gasteiger partial charge in [-0.05, 0) is 49.7 Å². The maximum absolute atomic E-state index is 13.5. The standard InChI is InChI=1S/C25H20F3N5O2/c1-4-6-22(34)32-23(21-13-14-30-33(21)19-11-9-18(29-3)10-12-19)16(2)31(24(32)35)20-8-5-7-17(15-20)25(26,27)28/h5,7-15H,4,6H2,1-2H3. The van der Waals surface area contributed by atoms with E-state index in [1.165, 1.54) is 23.0 Å². The second-order valence-electron chi connectivity index (χ2n) is 7.84. The third kappa shape index (κ3) is 4.28. The van der Waals surface area contributed by atoms with Crippen molar-refractivity contribution >= 4 is 11.6 Å². The van der Waals surface area contributed by atoms with Crippen LogP contribution in [0.3, 0.4) is 0 Å². The number of hydrogen-bond donors (Lipinski definition) is 0. The first-order valence-electron chi connectivity index (χ1n) is 10.7. The first-order valence-corrected chi connectivity index (χ1v) is 10.7. The van der Waals surface area contributed by atoms with Crippen molar-refractivity contribution < 1.29 is 18.0 Å². The zero-order chi connectivity index (χ0) is 25.3. The van der Waals surface area contributed by atoms with Crippen molar-refractivity contribution in [2.45, 2.75) is 32.9 Å². The average molecular weight is 479 g/mol. The second-order valence-corrected chi connectivity index (χ2v) is 7.84. The highest BCUT2D eigenvalue weighted by atomic mass is 19.4. The van der Waals surface area contributed by atoms with E-state index >= 15 is 0 Å². The largest absolute Gasteiger partial charge is 0.416 e. The van der Waals surface area contributed by atoms with E-state index in [0.717, 1.165) is 21.3 Å². The predicted octanol–water partition coefficient (Wildman–Crippen LogP) is 5.81. The normalized spacial score (nSPS) is 11.4. The molecule has 0 N–H and O–H groups in total. The molecule has 4 aromatic rings. The minimum absolute atomic E-state index is 0.000834. The van der Waals surface area contributed by atoms with Crippen molar-refractivity contribution in [3.63, 3.8) is 0 Å². The third-order valence-corrected chi connectivity index (χ3v) is 5.54. The van der Waals surface area contributed by atoms with Gasteiger partial charge in [0.2, 0.25) is 5.91 Å². The van der Waals surface area contributed by atoms with E-state index in [9.17, 15) is 22.8 Å². The van der Waals surface area contributed by atoms with Crippen molar-refractivity contribution in [1.82, 2.24) is 18.9 Å². The molecule has 0 aliphatic heterocycles. The molecule has 0 aliphatic rings. The molecule has 178 valence electrons. The first-order chi connectivity index (χ1) is 16.7. The fourth-order valence-corrected chi connectivity index (χ4v) is 3.95. The number of aromatic nitrogens is 4. The number of benzene rings is 2. The Labute approximate surface area is 198 Å². The van der Waals surface area contributed by atoms with Gasteiger partial charge < -0.3 is 0 Å². The van der Waals surface area contributed by atoms with Crippen LogP contribution in [0, 0.1) is 13.5 Å². The quantitative estimate of drug-likeness (QED) is 0.339. The van der Waals surface area contributed by atoms with Crippen LogP contribution in [0.25, 0.3) is 27.6 Å². The van der Waals surface area contributed by atoms with Gasteiger partial charge in [-0.25, -0.2) is 18.9 Å². The van der Waals surface area contributed by atoms with Gasteiger partial charge in [-0.2, -0.15) is 18.3 Å². The highest BCUT2D eigenvalue weighted by Crippen LogP contribution is 2.32. The Kier molecular flexibility index (Phi) is 6.18. The molecule has 10 heteroatoms. The van der Waals surface area contributed by atoms with Crippen LogP contribution in [-0.4, -0.2) is 24.8 Å². The molecule has 35 heavy (non-hydrogen) atoms. The van der Waals surface area contributed by atoms with Crippen molar-refractivity contribution in [3.05, 3.63) is 94.0 Å².